The van der Waals surface area contributed by atoms with Crippen LogP contribution in [0, 0.1) is 6.92 Å². The van der Waals surface area contributed by atoms with E-state index in [-0.39, 0.29) is 5.41 Å². The van der Waals surface area contributed by atoms with E-state index in [0.29, 0.717) is 0 Å². The van der Waals surface area contributed by atoms with E-state index in [4.69, 9.17) is 4.98 Å². The maximum Gasteiger partial charge on any atom is 0.107 e. The molecule has 0 fully saturated rings. The maximum absolute atomic E-state index is 4.86. The third-order valence-corrected chi connectivity index (χ3v) is 9.32. The van der Waals surface area contributed by atoms with E-state index in [2.05, 4.69) is 152 Å². The molecule has 1 aromatic heterocycles. The lowest BCUT2D eigenvalue weighted by Gasteiger charge is -2.32. The molecule has 1 atom stereocenters. The number of imidazole rings is 1. The fourth-order valence-electron chi connectivity index (χ4n) is 7.00. The lowest BCUT2D eigenvalue weighted by Crippen LogP contribution is -2.21. The normalized spacial score (nSPS) is 17.0. The summed E-state index contributed by atoms with van der Waals surface area (Å²) in [7, 11) is 0. The second kappa shape index (κ2) is 11.7. The predicted molar refractivity (Wildman–Crippen MR) is 194 cm³/mol. The van der Waals surface area contributed by atoms with Crippen molar-refractivity contribution in [3.8, 4) is 11.1 Å². The van der Waals surface area contributed by atoms with Crippen molar-refractivity contribution in [2.45, 2.75) is 39.2 Å². The Morgan fingerprint density at radius 2 is 1.53 bits per heavy atom. The van der Waals surface area contributed by atoms with Gasteiger partial charge in [0, 0.05) is 12.0 Å². The van der Waals surface area contributed by atoms with Crippen molar-refractivity contribution < 1.29 is 0 Å². The molecule has 0 N–H and O–H groups in total. The molecule has 1 unspecified atom stereocenters. The fourth-order valence-corrected chi connectivity index (χ4v) is 7.00. The van der Waals surface area contributed by atoms with Gasteiger partial charge in [-0.05, 0) is 87.3 Å². The molecular formula is C43H38N2. The highest BCUT2D eigenvalue weighted by atomic mass is 15.1. The van der Waals surface area contributed by atoms with Gasteiger partial charge >= 0.3 is 0 Å². The zero-order valence-electron chi connectivity index (χ0n) is 26.3. The van der Waals surface area contributed by atoms with Crippen LogP contribution in [0.15, 0.2) is 152 Å². The number of aryl methyl sites for hydroxylation is 1. The van der Waals surface area contributed by atoms with Gasteiger partial charge in [-0.15, -0.1) is 0 Å². The van der Waals surface area contributed by atoms with E-state index in [1.165, 1.54) is 49.4 Å². The Morgan fingerprint density at radius 1 is 0.867 bits per heavy atom. The minimum atomic E-state index is -0.156. The number of benzene rings is 5. The monoisotopic (exact) mass is 582 g/mol. The lowest BCUT2D eigenvalue weighted by atomic mass is 9.71. The first-order valence-electron chi connectivity index (χ1n) is 15.8. The Hall–Kier alpha value is -5.21. The number of rotatable bonds is 7. The van der Waals surface area contributed by atoms with Gasteiger partial charge in [0.05, 0.1) is 11.0 Å². The molecule has 1 aliphatic carbocycles. The predicted octanol–water partition coefficient (Wildman–Crippen LogP) is 11.3. The van der Waals surface area contributed by atoms with E-state index in [1.807, 2.05) is 19.1 Å². The van der Waals surface area contributed by atoms with Gasteiger partial charge in [0.15, 0.2) is 0 Å². The Balaban J connectivity index is 1.31. The second-order valence-corrected chi connectivity index (χ2v) is 12.2. The summed E-state index contributed by atoms with van der Waals surface area (Å²) in [6, 6.07) is 35.4. The highest BCUT2D eigenvalue weighted by Gasteiger charge is 2.30. The van der Waals surface area contributed by atoms with Crippen molar-refractivity contribution in [1.29, 1.82) is 0 Å². The van der Waals surface area contributed by atoms with E-state index in [0.717, 1.165) is 35.4 Å². The van der Waals surface area contributed by atoms with Crippen LogP contribution in [-0.4, -0.2) is 9.55 Å². The Kier molecular flexibility index (Phi) is 7.43. The van der Waals surface area contributed by atoms with Crippen LogP contribution in [-0.2, 0) is 12.0 Å². The number of aromatic nitrogens is 2. The van der Waals surface area contributed by atoms with Crippen molar-refractivity contribution in [2.24, 2.45) is 0 Å². The zero-order chi connectivity index (χ0) is 31.0. The van der Waals surface area contributed by atoms with Gasteiger partial charge in [0.2, 0.25) is 0 Å². The smallest absolute Gasteiger partial charge is 0.107 e. The third-order valence-electron chi connectivity index (χ3n) is 9.32. The molecule has 220 valence electrons. The minimum absolute atomic E-state index is 0.156. The van der Waals surface area contributed by atoms with Crippen molar-refractivity contribution in [3.63, 3.8) is 0 Å². The topological polar surface area (TPSA) is 17.8 Å². The summed E-state index contributed by atoms with van der Waals surface area (Å²) in [5, 5.41) is 5.25. The van der Waals surface area contributed by atoms with Crippen LogP contribution in [0.5, 0.6) is 0 Å². The summed E-state index contributed by atoms with van der Waals surface area (Å²) in [6.45, 7) is 11.3. The summed E-state index contributed by atoms with van der Waals surface area (Å²) < 4.78 is 2.29. The van der Waals surface area contributed by atoms with Crippen LogP contribution in [0.3, 0.4) is 0 Å². The second-order valence-electron chi connectivity index (χ2n) is 12.2. The van der Waals surface area contributed by atoms with E-state index < -0.39 is 0 Å². The average Bonchev–Trinajstić information content (AvgIpc) is 3.39. The van der Waals surface area contributed by atoms with E-state index >= 15 is 0 Å². The number of fused-ring (bicyclic) bond motifs is 3. The van der Waals surface area contributed by atoms with Crippen LogP contribution in [0.1, 0.15) is 37.2 Å². The Labute approximate surface area is 266 Å². The number of allylic oxidation sites excluding steroid dienone is 9. The maximum atomic E-state index is 4.86. The number of hydrogen-bond donors (Lipinski definition) is 0. The quantitative estimate of drug-likeness (QED) is 0.135. The first-order chi connectivity index (χ1) is 22.0. The first-order valence-corrected chi connectivity index (χ1v) is 15.8. The Bertz CT molecular complexity index is 2150. The summed E-state index contributed by atoms with van der Waals surface area (Å²) in [4.78, 5) is 4.86. The molecule has 0 saturated heterocycles. The van der Waals surface area contributed by atoms with Crippen molar-refractivity contribution in [1.82, 2.24) is 9.55 Å². The largest absolute Gasteiger partial charge is 0.324 e. The van der Waals surface area contributed by atoms with Crippen LogP contribution in [0.25, 0.3) is 49.3 Å². The molecule has 7 rings (SSSR count). The SMILES string of the molecule is C=C/C(=C\C=C/C)Cn1c(C)nc2ccc(C3=CCC(C)(c4c5ccccc5c(-c5ccccc5)c5ccccc45)C=C3)cc21. The zero-order valence-corrected chi connectivity index (χ0v) is 26.3. The van der Waals surface area contributed by atoms with Crippen molar-refractivity contribution in [2.75, 3.05) is 0 Å². The van der Waals surface area contributed by atoms with Crippen LogP contribution in [0.2, 0.25) is 0 Å². The molecule has 0 saturated carbocycles. The molecule has 0 spiro atoms. The molecule has 1 aliphatic rings. The van der Waals surface area contributed by atoms with Crippen LogP contribution < -0.4 is 0 Å². The van der Waals surface area contributed by atoms with Crippen molar-refractivity contribution in [3.05, 3.63) is 169 Å². The molecule has 1 heterocycles. The van der Waals surface area contributed by atoms with Crippen LogP contribution >= 0.6 is 0 Å². The standard InChI is InChI=1S/C43H38N2/c1-5-7-15-31(6-2)29-45-30(3)44-39-23-22-34(28-40(39)45)32-24-26-43(4,27-25-32)42-37-20-13-11-18-35(37)41(33-16-9-8-10-17-33)36-19-12-14-21-38(36)42/h5-26,28H,2,27,29H2,1,3-4H3/b7-5-,31-15+. The molecule has 6 aromatic rings. The van der Waals surface area contributed by atoms with Gasteiger partial charge < -0.3 is 4.57 Å². The molecule has 45 heavy (non-hydrogen) atoms. The summed E-state index contributed by atoms with van der Waals surface area (Å²) in [6.07, 6.45) is 16.3. The van der Waals surface area contributed by atoms with E-state index in [9.17, 15) is 0 Å². The van der Waals surface area contributed by atoms with Gasteiger partial charge in [0.25, 0.3) is 0 Å². The molecule has 2 nitrogen and oxygen atoms in total. The molecule has 0 bridgehead atoms. The summed E-state index contributed by atoms with van der Waals surface area (Å²) in [5.41, 5.74) is 9.60. The van der Waals surface area contributed by atoms with Gasteiger partial charge in [-0.3, -0.25) is 0 Å². The Morgan fingerprint density at radius 3 is 2.16 bits per heavy atom. The molecule has 0 radical (unpaired) electrons. The molecule has 5 aromatic carbocycles. The number of nitrogens with zero attached hydrogens (tertiary/aromatic N) is 2. The minimum Gasteiger partial charge on any atom is -0.324 e. The van der Waals surface area contributed by atoms with Crippen molar-refractivity contribution >= 4 is 38.2 Å². The van der Waals surface area contributed by atoms with Gasteiger partial charge in [-0.1, -0.05) is 141 Å². The van der Waals surface area contributed by atoms with Gasteiger partial charge in [-0.25, -0.2) is 4.98 Å². The van der Waals surface area contributed by atoms with Gasteiger partial charge in [0.1, 0.15) is 5.82 Å². The lowest BCUT2D eigenvalue weighted by molar-refractivity contribution is 0.612. The molecule has 2 heteroatoms. The highest BCUT2D eigenvalue weighted by molar-refractivity contribution is 6.15. The summed E-state index contributed by atoms with van der Waals surface area (Å²) >= 11 is 0. The van der Waals surface area contributed by atoms with Crippen LogP contribution in [0.4, 0.5) is 0 Å². The fraction of sp³-hybridized carbons (Fsp3) is 0.140. The molecule has 0 amide bonds. The van der Waals surface area contributed by atoms with E-state index in [1.54, 1.807) is 0 Å². The average molecular weight is 583 g/mol. The third kappa shape index (κ3) is 5.07. The first kappa shape index (κ1) is 28.6. The molecular weight excluding hydrogens is 544 g/mol. The number of hydrogen-bond acceptors (Lipinski definition) is 1. The van der Waals surface area contributed by atoms with Gasteiger partial charge in [-0.2, -0.15) is 0 Å². The molecule has 0 aliphatic heterocycles. The highest BCUT2D eigenvalue weighted by Crippen LogP contribution is 2.47. The summed E-state index contributed by atoms with van der Waals surface area (Å²) in [5.74, 6) is 1.01.